The lowest BCUT2D eigenvalue weighted by atomic mass is 9.90. The summed E-state index contributed by atoms with van der Waals surface area (Å²) in [6.07, 6.45) is 5.92. The minimum Gasteiger partial charge on any atom is -0.342 e. The van der Waals surface area contributed by atoms with Gasteiger partial charge in [-0.3, -0.25) is 0 Å². The van der Waals surface area contributed by atoms with Crippen molar-refractivity contribution in [2.75, 3.05) is 0 Å². The van der Waals surface area contributed by atoms with Crippen LogP contribution in [0.4, 0.5) is 0 Å². The van der Waals surface area contributed by atoms with Crippen LogP contribution in [0.1, 0.15) is 43.5 Å². The van der Waals surface area contributed by atoms with E-state index in [9.17, 15) is 0 Å². The Kier molecular flexibility index (Phi) is 2.50. The topological polar surface area (TPSA) is 28.7 Å². The SMILES string of the molecule is CC1=CC[C@H](c2nc3ccc(C)cc3[nH]2)CC1. The Bertz CT molecular complexity index is 578. The molecule has 0 radical (unpaired) electrons. The lowest BCUT2D eigenvalue weighted by molar-refractivity contribution is 0.575. The summed E-state index contributed by atoms with van der Waals surface area (Å²) in [5.41, 5.74) is 5.07. The first-order valence-electron chi connectivity index (χ1n) is 6.34. The van der Waals surface area contributed by atoms with Crippen LogP contribution < -0.4 is 0 Å². The molecule has 1 N–H and O–H groups in total. The summed E-state index contributed by atoms with van der Waals surface area (Å²) >= 11 is 0. The highest BCUT2D eigenvalue weighted by atomic mass is 14.9. The second-order valence-electron chi connectivity index (χ2n) is 5.16. The number of aryl methyl sites for hydroxylation is 1. The molecule has 0 aliphatic heterocycles. The van der Waals surface area contributed by atoms with Crippen molar-refractivity contribution in [1.82, 2.24) is 9.97 Å². The Morgan fingerprint density at radius 1 is 1.29 bits per heavy atom. The first kappa shape index (κ1) is 10.6. The number of rotatable bonds is 1. The molecular weight excluding hydrogens is 208 g/mol. The predicted molar refractivity (Wildman–Crippen MR) is 71.2 cm³/mol. The fraction of sp³-hybridized carbons (Fsp3) is 0.400. The Labute approximate surface area is 102 Å². The number of allylic oxidation sites excluding steroid dienone is 2. The lowest BCUT2D eigenvalue weighted by Crippen LogP contribution is -2.04. The molecule has 17 heavy (non-hydrogen) atoms. The van der Waals surface area contributed by atoms with Crippen molar-refractivity contribution in [2.45, 2.75) is 39.0 Å². The summed E-state index contributed by atoms with van der Waals surface area (Å²) < 4.78 is 0. The number of nitrogens with zero attached hydrogens (tertiary/aromatic N) is 1. The van der Waals surface area contributed by atoms with Gasteiger partial charge in [-0.2, -0.15) is 0 Å². The number of hydrogen-bond acceptors (Lipinski definition) is 1. The predicted octanol–water partition coefficient (Wildman–Crippen LogP) is 4.09. The van der Waals surface area contributed by atoms with Gasteiger partial charge in [0, 0.05) is 5.92 Å². The molecule has 0 saturated carbocycles. The average Bonchev–Trinajstić information content (AvgIpc) is 2.72. The number of hydrogen-bond donors (Lipinski definition) is 1. The molecule has 0 unspecified atom stereocenters. The zero-order valence-electron chi connectivity index (χ0n) is 10.5. The third-order valence-corrected chi connectivity index (χ3v) is 3.68. The molecule has 0 saturated heterocycles. The Hall–Kier alpha value is -1.57. The van der Waals surface area contributed by atoms with Gasteiger partial charge in [-0.25, -0.2) is 4.98 Å². The number of aromatic amines is 1. The Balaban J connectivity index is 1.96. The molecule has 2 aromatic rings. The molecule has 0 amide bonds. The normalized spacial score (nSPS) is 20.6. The van der Waals surface area contributed by atoms with Crippen LogP contribution in [0.3, 0.4) is 0 Å². The smallest absolute Gasteiger partial charge is 0.110 e. The highest BCUT2D eigenvalue weighted by Crippen LogP contribution is 2.31. The molecule has 1 atom stereocenters. The minimum atomic E-state index is 0.575. The third-order valence-electron chi connectivity index (χ3n) is 3.68. The maximum Gasteiger partial charge on any atom is 0.110 e. The molecule has 1 aliphatic carbocycles. The van der Waals surface area contributed by atoms with E-state index in [1.807, 2.05) is 0 Å². The molecule has 88 valence electrons. The van der Waals surface area contributed by atoms with Crippen molar-refractivity contribution in [3.8, 4) is 0 Å². The highest BCUT2D eigenvalue weighted by molar-refractivity contribution is 5.75. The fourth-order valence-electron chi connectivity index (χ4n) is 2.55. The number of fused-ring (bicyclic) bond motifs is 1. The molecule has 1 aromatic carbocycles. The van der Waals surface area contributed by atoms with Crippen LogP contribution in [0.5, 0.6) is 0 Å². The van der Waals surface area contributed by atoms with E-state index < -0.39 is 0 Å². The van der Waals surface area contributed by atoms with Gasteiger partial charge in [0.25, 0.3) is 0 Å². The van der Waals surface area contributed by atoms with E-state index in [-0.39, 0.29) is 0 Å². The van der Waals surface area contributed by atoms with Crippen LogP contribution in [-0.2, 0) is 0 Å². The summed E-state index contributed by atoms with van der Waals surface area (Å²) in [6, 6.07) is 6.40. The molecule has 3 rings (SSSR count). The molecule has 0 bridgehead atoms. The molecule has 0 spiro atoms. The lowest BCUT2D eigenvalue weighted by Gasteiger charge is -2.17. The summed E-state index contributed by atoms with van der Waals surface area (Å²) in [4.78, 5) is 8.20. The summed E-state index contributed by atoms with van der Waals surface area (Å²) in [5.74, 6) is 1.74. The molecule has 2 heteroatoms. The number of imidazole rings is 1. The average molecular weight is 226 g/mol. The van der Waals surface area contributed by atoms with Crippen molar-refractivity contribution in [2.24, 2.45) is 0 Å². The van der Waals surface area contributed by atoms with Crippen molar-refractivity contribution in [1.29, 1.82) is 0 Å². The van der Waals surface area contributed by atoms with Gasteiger partial charge in [0.15, 0.2) is 0 Å². The van der Waals surface area contributed by atoms with E-state index in [0.29, 0.717) is 5.92 Å². The van der Waals surface area contributed by atoms with E-state index in [0.717, 1.165) is 17.8 Å². The zero-order chi connectivity index (χ0) is 11.8. The molecular formula is C15H18N2. The second kappa shape index (κ2) is 4.02. The van der Waals surface area contributed by atoms with Crippen molar-refractivity contribution in [3.63, 3.8) is 0 Å². The number of aromatic nitrogens is 2. The minimum absolute atomic E-state index is 0.575. The van der Waals surface area contributed by atoms with Crippen molar-refractivity contribution in [3.05, 3.63) is 41.2 Å². The molecule has 2 nitrogen and oxygen atoms in total. The maximum absolute atomic E-state index is 4.72. The van der Waals surface area contributed by atoms with Crippen LogP contribution in [0.25, 0.3) is 11.0 Å². The van der Waals surface area contributed by atoms with Crippen LogP contribution in [-0.4, -0.2) is 9.97 Å². The van der Waals surface area contributed by atoms with E-state index in [1.165, 1.54) is 29.5 Å². The van der Waals surface area contributed by atoms with Crippen LogP contribution in [0, 0.1) is 6.92 Å². The maximum atomic E-state index is 4.72. The van der Waals surface area contributed by atoms with Gasteiger partial charge < -0.3 is 4.98 Å². The number of nitrogens with one attached hydrogen (secondary N) is 1. The van der Waals surface area contributed by atoms with E-state index in [2.05, 4.69) is 43.1 Å². The van der Waals surface area contributed by atoms with Gasteiger partial charge in [0.05, 0.1) is 11.0 Å². The van der Waals surface area contributed by atoms with Crippen molar-refractivity contribution >= 4 is 11.0 Å². The largest absolute Gasteiger partial charge is 0.342 e. The third kappa shape index (κ3) is 1.99. The standard InChI is InChI=1S/C15H18N2/c1-10-3-6-12(7-4-10)15-16-13-8-5-11(2)9-14(13)17-15/h3,5,8-9,12H,4,6-7H2,1-2H3,(H,16,17)/t12-/m0/s1. The quantitative estimate of drug-likeness (QED) is 0.729. The van der Waals surface area contributed by atoms with Crippen LogP contribution in [0.2, 0.25) is 0 Å². The zero-order valence-corrected chi connectivity index (χ0v) is 10.5. The van der Waals surface area contributed by atoms with Gasteiger partial charge in [0.2, 0.25) is 0 Å². The monoisotopic (exact) mass is 226 g/mol. The van der Waals surface area contributed by atoms with E-state index in [4.69, 9.17) is 4.98 Å². The van der Waals surface area contributed by atoms with Gasteiger partial charge in [-0.1, -0.05) is 17.7 Å². The molecule has 1 aromatic heterocycles. The fourth-order valence-corrected chi connectivity index (χ4v) is 2.55. The molecule has 1 aliphatic rings. The van der Waals surface area contributed by atoms with Crippen molar-refractivity contribution < 1.29 is 0 Å². The Morgan fingerprint density at radius 2 is 2.18 bits per heavy atom. The van der Waals surface area contributed by atoms with Crippen LogP contribution >= 0.6 is 0 Å². The second-order valence-corrected chi connectivity index (χ2v) is 5.16. The van der Waals surface area contributed by atoms with Gasteiger partial charge in [-0.05, 0) is 50.8 Å². The van der Waals surface area contributed by atoms with Gasteiger partial charge >= 0.3 is 0 Å². The van der Waals surface area contributed by atoms with E-state index in [1.54, 1.807) is 0 Å². The van der Waals surface area contributed by atoms with Gasteiger partial charge in [0.1, 0.15) is 5.82 Å². The first-order chi connectivity index (χ1) is 8.22. The first-order valence-corrected chi connectivity index (χ1v) is 6.34. The van der Waals surface area contributed by atoms with E-state index >= 15 is 0 Å². The summed E-state index contributed by atoms with van der Waals surface area (Å²) in [7, 11) is 0. The number of H-pyrrole nitrogens is 1. The number of benzene rings is 1. The highest BCUT2D eigenvalue weighted by Gasteiger charge is 2.17. The van der Waals surface area contributed by atoms with Gasteiger partial charge in [-0.15, -0.1) is 0 Å². The summed E-state index contributed by atoms with van der Waals surface area (Å²) in [6.45, 7) is 4.34. The Morgan fingerprint density at radius 3 is 2.94 bits per heavy atom. The molecule has 1 heterocycles. The van der Waals surface area contributed by atoms with Crippen LogP contribution in [0.15, 0.2) is 29.8 Å². The molecule has 0 fully saturated rings. The summed E-state index contributed by atoms with van der Waals surface area (Å²) in [5, 5.41) is 0.